The molecule has 0 bridgehead atoms. The molecule has 0 fully saturated rings. The first-order valence-electron chi connectivity index (χ1n) is 6.71. The van der Waals surface area contributed by atoms with Gasteiger partial charge in [-0.15, -0.1) is 5.10 Å². The molecule has 0 aliphatic rings. The summed E-state index contributed by atoms with van der Waals surface area (Å²) in [4.78, 5) is 4.16. The van der Waals surface area contributed by atoms with Crippen LogP contribution in [0.25, 0.3) is 5.69 Å². The lowest BCUT2D eigenvalue weighted by Gasteiger charge is -2.11. The van der Waals surface area contributed by atoms with E-state index in [1.165, 1.54) is 11.1 Å². The minimum atomic E-state index is 0.734. The third-order valence-electron chi connectivity index (χ3n) is 3.44. The molecule has 3 rings (SSSR count). The smallest absolute Gasteiger partial charge is 0.143 e. The van der Waals surface area contributed by atoms with Crippen LogP contribution in [0.3, 0.4) is 0 Å². The van der Waals surface area contributed by atoms with Gasteiger partial charge in [0.05, 0.1) is 5.69 Å². The molecule has 2 heterocycles. The summed E-state index contributed by atoms with van der Waals surface area (Å²) >= 11 is 0. The van der Waals surface area contributed by atoms with Crippen molar-refractivity contribution in [1.82, 2.24) is 25.2 Å². The van der Waals surface area contributed by atoms with Crippen molar-refractivity contribution in [2.75, 3.05) is 5.32 Å². The van der Waals surface area contributed by atoms with E-state index < -0.39 is 0 Å². The second-order valence-corrected chi connectivity index (χ2v) is 4.91. The number of aryl methyl sites for hydroxylation is 2. The average Bonchev–Trinajstić information content (AvgIpc) is 3.02. The van der Waals surface area contributed by atoms with Crippen LogP contribution in [-0.2, 0) is 6.54 Å². The van der Waals surface area contributed by atoms with E-state index in [0.717, 1.165) is 23.5 Å². The molecule has 0 amide bonds. The Bertz CT molecular complexity index is 736. The lowest BCUT2D eigenvalue weighted by Crippen LogP contribution is -2.04. The monoisotopic (exact) mass is 280 g/mol. The molecule has 0 aliphatic carbocycles. The summed E-state index contributed by atoms with van der Waals surface area (Å²) in [5.41, 5.74) is 5.51. The number of nitrogens with one attached hydrogen (secondary N) is 1. The number of hydrogen-bond acceptors (Lipinski definition) is 5. The Morgan fingerprint density at radius 3 is 2.81 bits per heavy atom. The maximum Gasteiger partial charge on any atom is 0.143 e. The fourth-order valence-electron chi connectivity index (χ4n) is 2.12. The molecule has 106 valence electrons. The summed E-state index contributed by atoms with van der Waals surface area (Å²) in [6.07, 6.45) is 5.29. The lowest BCUT2D eigenvalue weighted by molar-refractivity contribution is 0.785. The minimum Gasteiger partial charge on any atom is -0.381 e. The zero-order chi connectivity index (χ0) is 14.7. The minimum absolute atomic E-state index is 0.734. The molecule has 6 nitrogen and oxygen atoms in total. The molecule has 1 aromatic carbocycles. The fraction of sp³-hybridized carbons (Fsp3) is 0.200. The Morgan fingerprint density at radius 2 is 2.05 bits per heavy atom. The van der Waals surface area contributed by atoms with Crippen LogP contribution in [0, 0.1) is 13.8 Å². The van der Waals surface area contributed by atoms with Crippen LogP contribution in [0.2, 0.25) is 0 Å². The Balaban J connectivity index is 1.81. The Labute approximate surface area is 122 Å². The van der Waals surface area contributed by atoms with Gasteiger partial charge in [0.2, 0.25) is 0 Å². The molecule has 0 saturated carbocycles. The van der Waals surface area contributed by atoms with Gasteiger partial charge in [0.15, 0.2) is 0 Å². The van der Waals surface area contributed by atoms with Crippen molar-refractivity contribution in [2.45, 2.75) is 20.4 Å². The van der Waals surface area contributed by atoms with Crippen molar-refractivity contribution in [3.8, 4) is 5.69 Å². The zero-order valence-corrected chi connectivity index (χ0v) is 12.0. The molecule has 0 atom stereocenters. The number of hydrogen-bond donors (Lipinski definition) is 1. The first-order valence-corrected chi connectivity index (χ1v) is 6.71. The zero-order valence-electron chi connectivity index (χ0n) is 12.0. The van der Waals surface area contributed by atoms with Gasteiger partial charge < -0.3 is 5.32 Å². The van der Waals surface area contributed by atoms with Gasteiger partial charge in [-0.25, -0.2) is 4.68 Å². The lowest BCUT2D eigenvalue weighted by atomic mass is 10.1. The molecule has 0 spiro atoms. The molecule has 0 unspecified atom stereocenters. The highest BCUT2D eigenvalue weighted by Crippen LogP contribution is 2.19. The van der Waals surface area contributed by atoms with Gasteiger partial charge in [0.1, 0.15) is 6.33 Å². The number of nitrogens with zero attached hydrogens (tertiary/aromatic N) is 5. The number of rotatable bonds is 4. The van der Waals surface area contributed by atoms with Crippen molar-refractivity contribution in [3.63, 3.8) is 0 Å². The standard InChI is InChI=1S/C15H16N6/c1-11-5-6-16-8-13(11)9-17-14-4-3-12(2)15(7-14)21-10-18-19-20-21/h3-8,10,17H,9H2,1-2H3. The van der Waals surface area contributed by atoms with Crippen molar-refractivity contribution < 1.29 is 0 Å². The summed E-state index contributed by atoms with van der Waals surface area (Å²) in [6.45, 7) is 4.85. The third kappa shape index (κ3) is 2.89. The van der Waals surface area contributed by atoms with Crippen LogP contribution in [0.4, 0.5) is 5.69 Å². The fourth-order valence-corrected chi connectivity index (χ4v) is 2.12. The van der Waals surface area contributed by atoms with E-state index in [1.54, 1.807) is 17.2 Å². The molecule has 21 heavy (non-hydrogen) atoms. The predicted octanol–water partition coefficient (Wildman–Crippen LogP) is 2.29. The van der Waals surface area contributed by atoms with Crippen LogP contribution in [0.5, 0.6) is 0 Å². The van der Waals surface area contributed by atoms with Crippen LogP contribution < -0.4 is 5.32 Å². The second kappa shape index (κ2) is 5.70. The summed E-state index contributed by atoms with van der Waals surface area (Å²) < 4.78 is 1.66. The van der Waals surface area contributed by atoms with Crippen LogP contribution in [-0.4, -0.2) is 25.2 Å². The number of anilines is 1. The highest BCUT2D eigenvalue weighted by atomic mass is 15.5. The van der Waals surface area contributed by atoms with Crippen LogP contribution >= 0.6 is 0 Å². The van der Waals surface area contributed by atoms with Crippen LogP contribution in [0.1, 0.15) is 16.7 Å². The second-order valence-electron chi connectivity index (χ2n) is 4.91. The first kappa shape index (κ1) is 13.2. The van der Waals surface area contributed by atoms with Gasteiger partial charge in [-0.1, -0.05) is 6.07 Å². The molecular formula is C15H16N6. The summed E-state index contributed by atoms with van der Waals surface area (Å²) in [7, 11) is 0. The average molecular weight is 280 g/mol. The molecule has 6 heteroatoms. The number of tetrazole rings is 1. The summed E-state index contributed by atoms with van der Waals surface area (Å²) in [5.74, 6) is 0. The molecule has 2 aromatic heterocycles. The molecule has 0 aliphatic heterocycles. The molecule has 0 radical (unpaired) electrons. The normalized spacial score (nSPS) is 10.6. The van der Waals surface area contributed by atoms with Crippen molar-refractivity contribution in [3.05, 3.63) is 59.7 Å². The SMILES string of the molecule is Cc1ccncc1CNc1ccc(C)c(-n2cnnn2)c1. The maximum atomic E-state index is 4.16. The predicted molar refractivity (Wildman–Crippen MR) is 80.2 cm³/mol. The molecule has 1 N–H and O–H groups in total. The summed E-state index contributed by atoms with van der Waals surface area (Å²) in [6, 6.07) is 8.15. The van der Waals surface area contributed by atoms with E-state index in [-0.39, 0.29) is 0 Å². The Hall–Kier alpha value is -2.76. The van der Waals surface area contributed by atoms with E-state index in [4.69, 9.17) is 0 Å². The number of benzene rings is 1. The maximum absolute atomic E-state index is 4.16. The van der Waals surface area contributed by atoms with E-state index in [2.05, 4.69) is 44.9 Å². The Kier molecular flexibility index (Phi) is 3.59. The molecule has 3 aromatic rings. The van der Waals surface area contributed by atoms with Crippen molar-refractivity contribution >= 4 is 5.69 Å². The van der Waals surface area contributed by atoms with Gasteiger partial charge in [0, 0.05) is 24.6 Å². The summed E-state index contributed by atoms with van der Waals surface area (Å²) in [5, 5.41) is 14.7. The quantitative estimate of drug-likeness (QED) is 0.794. The van der Waals surface area contributed by atoms with Gasteiger partial charge in [-0.05, 0) is 59.2 Å². The molecular weight excluding hydrogens is 264 g/mol. The van der Waals surface area contributed by atoms with E-state index in [1.807, 2.05) is 25.3 Å². The Morgan fingerprint density at radius 1 is 1.14 bits per heavy atom. The van der Waals surface area contributed by atoms with E-state index in [0.29, 0.717) is 0 Å². The van der Waals surface area contributed by atoms with Gasteiger partial charge in [0.25, 0.3) is 0 Å². The highest BCUT2D eigenvalue weighted by molar-refractivity contribution is 5.54. The number of pyridine rings is 1. The largest absolute Gasteiger partial charge is 0.381 e. The number of aromatic nitrogens is 5. The van der Waals surface area contributed by atoms with Gasteiger partial charge in [-0.3, -0.25) is 4.98 Å². The van der Waals surface area contributed by atoms with Gasteiger partial charge in [-0.2, -0.15) is 0 Å². The first-order chi connectivity index (χ1) is 10.2. The van der Waals surface area contributed by atoms with Crippen molar-refractivity contribution in [2.24, 2.45) is 0 Å². The van der Waals surface area contributed by atoms with Crippen molar-refractivity contribution in [1.29, 1.82) is 0 Å². The third-order valence-corrected chi connectivity index (χ3v) is 3.44. The van der Waals surface area contributed by atoms with Gasteiger partial charge >= 0.3 is 0 Å². The topological polar surface area (TPSA) is 68.5 Å². The highest BCUT2D eigenvalue weighted by Gasteiger charge is 2.05. The molecule has 0 saturated heterocycles. The van der Waals surface area contributed by atoms with E-state index in [9.17, 15) is 0 Å². The van der Waals surface area contributed by atoms with E-state index >= 15 is 0 Å². The van der Waals surface area contributed by atoms with Crippen LogP contribution in [0.15, 0.2) is 43.0 Å².